The summed E-state index contributed by atoms with van der Waals surface area (Å²) in [6.45, 7) is 4.35. The maximum absolute atomic E-state index is 12.5. The van der Waals surface area contributed by atoms with Crippen molar-refractivity contribution < 1.29 is 9.59 Å². The Morgan fingerprint density at radius 2 is 1.14 bits per heavy atom. The molecule has 2 aliphatic heterocycles. The number of rotatable bonds is 14. The van der Waals surface area contributed by atoms with E-state index in [0.717, 1.165) is 62.1 Å². The molecule has 2 aliphatic rings. The van der Waals surface area contributed by atoms with Gasteiger partial charge in [0.1, 0.15) is 10.8 Å². The number of hydrazine groups is 2. The second-order valence-corrected chi connectivity index (χ2v) is 10.7. The van der Waals surface area contributed by atoms with Gasteiger partial charge in [-0.1, -0.05) is 89.5 Å². The maximum Gasteiger partial charge on any atom is 0.261 e. The molecule has 2 fully saturated rings. The lowest BCUT2D eigenvalue weighted by molar-refractivity contribution is -0.143. The second kappa shape index (κ2) is 12.3. The summed E-state index contributed by atoms with van der Waals surface area (Å²) in [6.07, 6.45) is 10.6. The van der Waals surface area contributed by atoms with Gasteiger partial charge in [0.05, 0.1) is 12.1 Å². The fourth-order valence-electron chi connectivity index (χ4n) is 4.90. The number of amides is 2. The molecule has 0 radical (unpaired) electrons. The molecule has 0 bridgehead atoms. The number of halogens is 2. The molecular weight excluding hydrogens is 499 g/mol. The first kappa shape index (κ1) is 26.7. The van der Waals surface area contributed by atoms with Crippen molar-refractivity contribution in [1.82, 2.24) is 20.2 Å². The van der Waals surface area contributed by atoms with E-state index in [1.807, 2.05) is 24.3 Å². The van der Waals surface area contributed by atoms with Crippen molar-refractivity contribution in [3.05, 3.63) is 24.3 Å². The molecule has 0 spiro atoms. The molecule has 0 aliphatic carbocycles. The van der Waals surface area contributed by atoms with Gasteiger partial charge in [-0.25, -0.2) is 10.0 Å². The Balaban J connectivity index is 1.47. The molecule has 36 heavy (non-hydrogen) atoms. The second-order valence-electron chi connectivity index (χ2n) is 9.72. The number of carbonyl (C=O) groups is 2. The van der Waals surface area contributed by atoms with Crippen LogP contribution in [0.5, 0.6) is 0 Å². The normalized spacial score (nSPS) is 23.6. The summed E-state index contributed by atoms with van der Waals surface area (Å²) in [7, 11) is 0. The van der Waals surface area contributed by atoms with Crippen LogP contribution >= 0.6 is 23.2 Å². The van der Waals surface area contributed by atoms with Crippen molar-refractivity contribution in [3.63, 3.8) is 0 Å². The zero-order chi connectivity index (χ0) is 25.7. The highest BCUT2D eigenvalue weighted by Crippen LogP contribution is 2.34. The van der Waals surface area contributed by atoms with Gasteiger partial charge >= 0.3 is 0 Å². The van der Waals surface area contributed by atoms with Crippen molar-refractivity contribution in [2.24, 2.45) is 0 Å². The van der Waals surface area contributed by atoms with Crippen LogP contribution in [0.25, 0.3) is 10.8 Å². The number of aromatic nitrogens is 2. The van der Waals surface area contributed by atoms with Crippen LogP contribution in [0.2, 0.25) is 0 Å². The first-order valence-corrected chi connectivity index (χ1v) is 14.1. The van der Waals surface area contributed by atoms with E-state index in [4.69, 9.17) is 23.2 Å². The van der Waals surface area contributed by atoms with Crippen LogP contribution in [0.4, 0.5) is 11.6 Å². The van der Waals surface area contributed by atoms with Crippen LogP contribution < -0.4 is 10.9 Å². The minimum Gasteiger partial charge on any atom is -0.277 e. The topological polar surface area (TPSA) is 90.5 Å². The lowest BCUT2D eigenvalue weighted by atomic mass is 9.97. The van der Waals surface area contributed by atoms with Crippen LogP contribution in [-0.4, -0.2) is 54.9 Å². The van der Waals surface area contributed by atoms with Crippen LogP contribution in [0.3, 0.4) is 0 Å². The Morgan fingerprint density at radius 3 is 1.53 bits per heavy atom. The van der Waals surface area contributed by atoms with E-state index in [-0.39, 0.29) is 23.9 Å². The summed E-state index contributed by atoms with van der Waals surface area (Å²) in [6, 6.07) is 7.48. The van der Waals surface area contributed by atoms with E-state index in [1.54, 1.807) is 10.0 Å². The van der Waals surface area contributed by atoms with Crippen LogP contribution in [0.15, 0.2) is 24.3 Å². The van der Waals surface area contributed by atoms with Crippen molar-refractivity contribution >= 4 is 57.4 Å². The average Bonchev–Trinajstić information content (AvgIpc) is 2.91. The van der Waals surface area contributed by atoms with Gasteiger partial charge in [0.2, 0.25) is 0 Å². The Labute approximate surface area is 223 Å². The molecule has 1 aromatic carbocycles. The van der Waals surface area contributed by atoms with E-state index < -0.39 is 10.8 Å². The number of alkyl halides is 2. The standard InChI is InChI=1S/C26H36Cl2N6O2/c1-3-5-7-9-15-19-21(27)25(35)33(19)31-23-17-13-11-12-14-18(17)24(30-29-23)32-34-20(22(28)26(34)36)16-10-8-6-4-2/h11-14,19-22H,3-10,15-16H2,1-2H3,(H,29,31)(H,30,32). The molecule has 4 atom stereocenters. The van der Waals surface area contributed by atoms with Crippen LogP contribution in [0, 0.1) is 0 Å². The average molecular weight is 536 g/mol. The first-order chi connectivity index (χ1) is 17.5. The number of nitrogens with one attached hydrogen (secondary N) is 2. The summed E-state index contributed by atoms with van der Waals surface area (Å²) >= 11 is 12.7. The number of carbonyl (C=O) groups excluding carboxylic acids is 2. The SMILES string of the molecule is CCCCCCC1C(Cl)C(=O)N1Nc1nnc(NN2C(=O)C(Cl)C2CCCCCC)c2ccccc12. The number of anilines is 2. The predicted molar refractivity (Wildman–Crippen MR) is 145 cm³/mol. The molecule has 4 rings (SSSR count). The van der Waals surface area contributed by atoms with E-state index >= 15 is 0 Å². The molecule has 3 heterocycles. The molecule has 4 unspecified atom stereocenters. The first-order valence-electron chi connectivity index (χ1n) is 13.2. The molecule has 1 aromatic heterocycles. The third kappa shape index (κ3) is 5.49. The van der Waals surface area contributed by atoms with Crippen molar-refractivity contribution in [1.29, 1.82) is 0 Å². The monoisotopic (exact) mass is 534 g/mol. The molecule has 2 N–H and O–H groups in total. The Hall–Kier alpha value is -2.32. The number of unbranched alkanes of at least 4 members (excludes halogenated alkanes) is 6. The zero-order valence-corrected chi connectivity index (χ0v) is 22.6. The van der Waals surface area contributed by atoms with E-state index in [0.29, 0.717) is 11.6 Å². The lowest BCUT2D eigenvalue weighted by Crippen LogP contribution is -2.64. The lowest BCUT2D eigenvalue weighted by Gasteiger charge is -2.44. The molecule has 8 nitrogen and oxygen atoms in total. The van der Waals surface area contributed by atoms with Crippen molar-refractivity contribution in [2.45, 2.75) is 101 Å². The third-order valence-corrected chi connectivity index (χ3v) is 8.09. The summed E-state index contributed by atoms with van der Waals surface area (Å²) in [5.74, 6) is 0.645. The number of hydrogen-bond acceptors (Lipinski definition) is 6. The highest BCUT2D eigenvalue weighted by atomic mass is 35.5. The van der Waals surface area contributed by atoms with Gasteiger partial charge in [-0.05, 0) is 12.8 Å². The number of nitrogens with zero attached hydrogens (tertiary/aromatic N) is 4. The van der Waals surface area contributed by atoms with Gasteiger partial charge in [0.25, 0.3) is 11.8 Å². The molecule has 2 saturated heterocycles. The quantitative estimate of drug-likeness (QED) is 0.179. The summed E-state index contributed by atoms with van der Waals surface area (Å²) < 4.78 is 0. The van der Waals surface area contributed by atoms with E-state index in [2.05, 4.69) is 34.9 Å². The van der Waals surface area contributed by atoms with Gasteiger partial charge in [-0.3, -0.25) is 20.4 Å². The zero-order valence-electron chi connectivity index (χ0n) is 21.1. The van der Waals surface area contributed by atoms with Crippen molar-refractivity contribution in [3.8, 4) is 0 Å². The van der Waals surface area contributed by atoms with Crippen LogP contribution in [-0.2, 0) is 9.59 Å². The number of hydrogen-bond donors (Lipinski definition) is 2. The van der Waals surface area contributed by atoms with Gasteiger partial charge < -0.3 is 0 Å². The Kier molecular flexibility index (Phi) is 9.12. The number of benzene rings is 1. The molecular formula is C26H36Cl2N6O2. The largest absolute Gasteiger partial charge is 0.277 e. The fraction of sp³-hybridized carbons (Fsp3) is 0.615. The molecule has 0 saturated carbocycles. The van der Waals surface area contributed by atoms with Gasteiger partial charge in [-0.2, -0.15) is 0 Å². The third-order valence-electron chi connectivity index (χ3n) is 7.13. The number of β-lactam (4-membered cyclic amide) rings is 2. The van der Waals surface area contributed by atoms with Gasteiger partial charge in [-0.15, -0.1) is 33.4 Å². The summed E-state index contributed by atoms with van der Waals surface area (Å²) in [5, 5.41) is 12.4. The van der Waals surface area contributed by atoms with E-state index in [9.17, 15) is 9.59 Å². The smallest absolute Gasteiger partial charge is 0.261 e. The minimum atomic E-state index is -0.519. The maximum atomic E-state index is 12.5. The number of fused-ring (bicyclic) bond motifs is 1. The minimum absolute atomic E-state index is 0.0813. The Bertz CT molecular complexity index is 987. The van der Waals surface area contributed by atoms with Gasteiger partial charge in [0, 0.05) is 10.8 Å². The summed E-state index contributed by atoms with van der Waals surface area (Å²) in [4.78, 5) is 25.0. The van der Waals surface area contributed by atoms with Crippen molar-refractivity contribution in [2.75, 3.05) is 10.9 Å². The molecule has 2 aromatic rings. The van der Waals surface area contributed by atoms with Crippen LogP contribution in [0.1, 0.15) is 78.1 Å². The van der Waals surface area contributed by atoms with E-state index in [1.165, 1.54) is 12.8 Å². The highest BCUT2D eigenvalue weighted by Gasteiger charge is 2.47. The van der Waals surface area contributed by atoms with Gasteiger partial charge in [0.15, 0.2) is 11.6 Å². The molecule has 10 heteroatoms. The summed E-state index contributed by atoms with van der Waals surface area (Å²) in [5.41, 5.74) is 6.32. The predicted octanol–water partition coefficient (Wildman–Crippen LogP) is 5.86. The highest BCUT2D eigenvalue weighted by molar-refractivity contribution is 6.34. The molecule has 196 valence electrons. The Morgan fingerprint density at radius 1 is 0.722 bits per heavy atom. The fourth-order valence-corrected chi connectivity index (χ4v) is 5.59. The molecule has 2 amide bonds.